The molecule has 1 heterocycles. The minimum absolute atomic E-state index is 0.270. The van der Waals surface area contributed by atoms with Crippen molar-refractivity contribution in [3.8, 4) is 0 Å². The van der Waals surface area contributed by atoms with Gasteiger partial charge in [0.25, 0.3) is 0 Å². The van der Waals surface area contributed by atoms with Crippen molar-refractivity contribution in [1.29, 1.82) is 0 Å². The second-order valence-corrected chi connectivity index (χ2v) is 6.65. The van der Waals surface area contributed by atoms with Crippen molar-refractivity contribution in [2.24, 2.45) is 0 Å². The van der Waals surface area contributed by atoms with E-state index in [0.717, 1.165) is 30.4 Å². The Morgan fingerprint density at radius 3 is 2.79 bits per heavy atom. The van der Waals surface area contributed by atoms with Crippen LogP contribution in [0.2, 0.25) is 0 Å². The predicted octanol–water partition coefficient (Wildman–Crippen LogP) is 3.40. The number of aryl methyl sites for hydroxylation is 1. The summed E-state index contributed by atoms with van der Waals surface area (Å²) in [5, 5.41) is 0.753. The predicted molar refractivity (Wildman–Crippen MR) is 83.1 cm³/mol. The summed E-state index contributed by atoms with van der Waals surface area (Å²) in [5.74, 6) is 1.48. The molecule has 0 aromatic heterocycles. The van der Waals surface area contributed by atoms with Gasteiger partial charge in [0.1, 0.15) is 0 Å². The van der Waals surface area contributed by atoms with E-state index in [1.54, 1.807) is 0 Å². The SMILES string of the molecule is CCC1CN(CCC(=O)c2ccc(C)cc2)CCS1. The fraction of sp³-hybridized carbons (Fsp3) is 0.562. The standard InChI is InChI=1S/C16H23NOS/c1-3-15-12-17(10-11-19-15)9-8-16(18)14-6-4-13(2)5-7-14/h4-7,15H,3,8-12H2,1-2H3. The van der Waals surface area contributed by atoms with Crippen molar-refractivity contribution >= 4 is 17.5 Å². The van der Waals surface area contributed by atoms with Crippen molar-refractivity contribution in [1.82, 2.24) is 4.90 Å². The molecule has 1 atom stereocenters. The normalized spacial score (nSPS) is 20.4. The van der Waals surface area contributed by atoms with Gasteiger partial charge in [-0.3, -0.25) is 4.79 Å². The molecule has 0 spiro atoms. The number of thioether (sulfide) groups is 1. The first kappa shape index (κ1) is 14.6. The molecule has 104 valence electrons. The Balaban J connectivity index is 1.81. The number of rotatable bonds is 5. The molecule has 1 fully saturated rings. The third-order valence-corrected chi connectivity index (χ3v) is 5.08. The largest absolute Gasteiger partial charge is 0.301 e. The van der Waals surface area contributed by atoms with Gasteiger partial charge in [0, 0.05) is 42.6 Å². The van der Waals surface area contributed by atoms with Gasteiger partial charge in [-0.2, -0.15) is 11.8 Å². The lowest BCUT2D eigenvalue weighted by molar-refractivity contribution is 0.0964. The van der Waals surface area contributed by atoms with Crippen molar-refractivity contribution in [3.63, 3.8) is 0 Å². The van der Waals surface area contributed by atoms with Crippen molar-refractivity contribution in [3.05, 3.63) is 35.4 Å². The maximum atomic E-state index is 12.1. The number of nitrogens with zero attached hydrogens (tertiary/aromatic N) is 1. The third kappa shape index (κ3) is 4.36. The number of ketones is 1. The molecule has 0 amide bonds. The Hall–Kier alpha value is -0.800. The minimum Gasteiger partial charge on any atom is -0.301 e. The maximum absolute atomic E-state index is 12.1. The maximum Gasteiger partial charge on any atom is 0.164 e. The minimum atomic E-state index is 0.270. The van der Waals surface area contributed by atoms with E-state index in [0.29, 0.717) is 6.42 Å². The van der Waals surface area contributed by atoms with Crippen LogP contribution < -0.4 is 0 Å². The zero-order valence-corrected chi connectivity index (χ0v) is 12.7. The van der Waals surface area contributed by atoms with E-state index in [-0.39, 0.29) is 5.78 Å². The molecule has 0 N–H and O–H groups in total. The molecule has 1 saturated heterocycles. The fourth-order valence-electron chi connectivity index (χ4n) is 2.37. The highest BCUT2D eigenvalue weighted by Crippen LogP contribution is 2.21. The van der Waals surface area contributed by atoms with Crippen LogP contribution in [0.5, 0.6) is 0 Å². The van der Waals surface area contributed by atoms with Crippen molar-refractivity contribution < 1.29 is 4.79 Å². The molecule has 2 rings (SSSR count). The number of hydrogen-bond acceptors (Lipinski definition) is 3. The smallest absolute Gasteiger partial charge is 0.164 e. The lowest BCUT2D eigenvalue weighted by Crippen LogP contribution is -2.38. The van der Waals surface area contributed by atoms with Gasteiger partial charge in [-0.1, -0.05) is 36.8 Å². The first-order valence-corrected chi connectivity index (χ1v) is 8.17. The van der Waals surface area contributed by atoms with Crippen LogP contribution in [-0.2, 0) is 0 Å². The highest BCUT2D eigenvalue weighted by molar-refractivity contribution is 8.00. The van der Waals surface area contributed by atoms with Gasteiger partial charge in [-0.15, -0.1) is 0 Å². The van der Waals surface area contributed by atoms with Crippen LogP contribution in [0.15, 0.2) is 24.3 Å². The van der Waals surface area contributed by atoms with Crippen molar-refractivity contribution in [2.75, 3.05) is 25.4 Å². The quantitative estimate of drug-likeness (QED) is 0.769. The van der Waals surface area contributed by atoms with Gasteiger partial charge in [0.05, 0.1) is 0 Å². The van der Waals surface area contributed by atoms with E-state index in [4.69, 9.17) is 0 Å². The van der Waals surface area contributed by atoms with Gasteiger partial charge in [-0.05, 0) is 13.3 Å². The summed E-state index contributed by atoms with van der Waals surface area (Å²) in [6, 6.07) is 7.91. The fourth-order valence-corrected chi connectivity index (χ4v) is 3.62. The molecule has 0 bridgehead atoms. The van der Waals surface area contributed by atoms with E-state index < -0.39 is 0 Å². The monoisotopic (exact) mass is 277 g/mol. The molecule has 1 unspecified atom stereocenters. The lowest BCUT2D eigenvalue weighted by Gasteiger charge is -2.31. The summed E-state index contributed by atoms with van der Waals surface area (Å²) >= 11 is 2.07. The van der Waals surface area contributed by atoms with Crippen LogP contribution in [0.3, 0.4) is 0 Å². The topological polar surface area (TPSA) is 20.3 Å². The van der Waals surface area contributed by atoms with Gasteiger partial charge >= 0.3 is 0 Å². The highest BCUT2D eigenvalue weighted by Gasteiger charge is 2.19. The summed E-state index contributed by atoms with van der Waals surface area (Å²) in [6.07, 6.45) is 1.87. The number of carbonyl (C=O) groups is 1. The van der Waals surface area contributed by atoms with E-state index >= 15 is 0 Å². The molecule has 3 heteroatoms. The number of hydrogen-bond donors (Lipinski definition) is 0. The summed E-state index contributed by atoms with van der Waals surface area (Å²) in [4.78, 5) is 14.6. The van der Waals surface area contributed by atoms with E-state index in [2.05, 4.69) is 23.6 Å². The van der Waals surface area contributed by atoms with Gasteiger partial charge < -0.3 is 4.90 Å². The molecule has 1 aromatic rings. The molecular formula is C16H23NOS. The van der Waals surface area contributed by atoms with Gasteiger partial charge in [0.15, 0.2) is 5.78 Å². The van der Waals surface area contributed by atoms with Gasteiger partial charge in [-0.25, -0.2) is 0 Å². The molecular weight excluding hydrogens is 254 g/mol. The van der Waals surface area contributed by atoms with Crippen LogP contribution in [0.4, 0.5) is 0 Å². The second-order valence-electron chi connectivity index (χ2n) is 5.24. The summed E-state index contributed by atoms with van der Waals surface area (Å²) in [5.41, 5.74) is 2.06. The lowest BCUT2D eigenvalue weighted by atomic mass is 10.1. The first-order valence-electron chi connectivity index (χ1n) is 7.13. The molecule has 1 aromatic carbocycles. The van der Waals surface area contributed by atoms with Crippen LogP contribution >= 0.6 is 11.8 Å². The zero-order valence-electron chi connectivity index (χ0n) is 11.9. The van der Waals surface area contributed by atoms with Crippen LogP contribution in [-0.4, -0.2) is 41.3 Å². The Bertz CT molecular complexity index is 415. The Kier molecular flexibility index (Phi) is 5.46. The number of benzene rings is 1. The molecule has 0 radical (unpaired) electrons. The Morgan fingerprint density at radius 1 is 1.37 bits per heavy atom. The molecule has 0 aliphatic carbocycles. The Labute approximate surface area is 120 Å². The second kappa shape index (κ2) is 7.11. The number of carbonyl (C=O) groups excluding carboxylic acids is 1. The van der Waals surface area contributed by atoms with Crippen LogP contribution in [0.1, 0.15) is 35.7 Å². The summed E-state index contributed by atoms with van der Waals surface area (Å²) < 4.78 is 0. The zero-order chi connectivity index (χ0) is 13.7. The molecule has 19 heavy (non-hydrogen) atoms. The molecule has 2 nitrogen and oxygen atoms in total. The molecule has 1 aliphatic rings. The molecule has 0 saturated carbocycles. The Morgan fingerprint density at radius 2 is 2.11 bits per heavy atom. The summed E-state index contributed by atoms with van der Waals surface area (Å²) in [6.45, 7) is 7.47. The number of Topliss-reactive ketones (excluding diaryl/α,β-unsaturated/α-hetero) is 1. The van der Waals surface area contributed by atoms with Gasteiger partial charge in [0.2, 0.25) is 0 Å². The van der Waals surface area contributed by atoms with Crippen LogP contribution in [0, 0.1) is 6.92 Å². The van der Waals surface area contributed by atoms with E-state index in [1.807, 2.05) is 31.2 Å². The first-order chi connectivity index (χ1) is 9.19. The third-order valence-electron chi connectivity index (χ3n) is 3.71. The average Bonchev–Trinajstić information content (AvgIpc) is 2.46. The highest BCUT2D eigenvalue weighted by atomic mass is 32.2. The van der Waals surface area contributed by atoms with Crippen molar-refractivity contribution in [2.45, 2.75) is 31.9 Å². The van der Waals surface area contributed by atoms with E-state index in [1.165, 1.54) is 17.7 Å². The molecule has 1 aliphatic heterocycles. The van der Waals surface area contributed by atoms with Crippen LogP contribution in [0.25, 0.3) is 0 Å². The van der Waals surface area contributed by atoms with E-state index in [9.17, 15) is 4.79 Å². The summed E-state index contributed by atoms with van der Waals surface area (Å²) in [7, 11) is 0. The average molecular weight is 277 g/mol.